The lowest BCUT2D eigenvalue weighted by molar-refractivity contribution is -0.142. The zero-order valence-corrected chi connectivity index (χ0v) is 20.3. The molecule has 1 fully saturated rings. The lowest BCUT2D eigenvalue weighted by Gasteiger charge is -2.31. The molecule has 1 saturated carbocycles. The van der Waals surface area contributed by atoms with Gasteiger partial charge in [-0.25, -0.2) is 4.39 Å². The fourth-order valence-electron chi connectivity index (χ4n) is 3.78. The van der Waals surface area contributed by atoms with Gasteiger partial charge in [-0.1, -0.05) is 49.1 Å². The molecule has 0 heterocycles. The second-order valence-corrected chi connectivity index (χ2v) is 9.29. The molecule has 1 aliphatic carbocycles. The first-order valence-corrected chi connectivity index (χ1v) is 11.9. The summed E-state index contributed by atoms with van der Waals surface area (Å²) in [7, 11) is 0. The Hall–Kier alpha value is -2.12. The lowest BCUT2D eigenvalue weighted by Crippen LogP contribution is -2.51. The number of hydrogen-bond donors (Lipinski definition) is 1. The quantitative estimate of drug-likeness (QED) is 0.496. The summed E-state index contributed by atoms with van der Waals surface area (Å²) in [5.74, 6) is -0.630. The van der Waals surface area contributed by atoms with Gasteiger partial charge in [0, 0.05) is 23.2 Å². The molecule has 0 saturated heterocycles. The fourth-order valence-corrected chi connectivity index (χ4v) is 4.57. The van der Waals surface area contributed by atoms with Crippen LogP contribution in [0.3, 0.4) is 0 Å². The van der Waals surface area contributed by atoms with Crippen molar-refractivity contribution in [3.05, 3.63) is 63.3 Å². The highest BCUT2D eigenvalue weighted by atomic mass is 79.9. The summed E-state index contributed by atoms with van der Waals surface area (Å²) >= 11 is 9.31. The summed E-state index contributed by atoms with van der Waals surface area (Å²) in [5, 5.41) is 3.59. The molecular formula is C24H27BrClFN2O3. The van der Waals surface area contributed by atoms with Crippen molar-refractivity contribution in [2.45, 2.75) is 57.7 Å². The lowest BCUT2D eigenvalue weighted by atomic mass is 9.95. The number of nitrogens with one attached hydrogen (secondary N) is 1. The van der Waals surface area contributed by atoms with E-state index in [9.17, 15) is 14.0 Å². The fraction of sp³-hybridized carbons (Fsp3) is 0.417. The summed E-state index contributed by atoms with van der Waals surface area (Å²) in [5.41, 5.74) is 0.339. The van der Waals surface area contributed by atoms with Gasteiger partial charge in [-0.05, 0) is 60.0 Å². The molecule has 8 heteroatoms. The molecule has 2 aromatic rings. The molecular weight excluding hydrogens is 499 g/mol. The second kappa shape index (κ2) is 11.7. The summed E-state index contributed by atoms with van der Waals surface area (Å²) in [6, 6.07) is 10.6. The average Bonchev–Trinajstić information content (AvgIpc) is 2.78. The van der Waals surface area contributed by atoms with E-state index in [0.717, 1.165) is 25.7 Å². The van der Waals surface area contributed by atoms with Crippen molar-refractivity contribution in [3.63, 3.8) is 0 Å². The standard InChI is InChI=1S/C24H27BrClFN2O3/c1-16(24(31)28-19-8-3-2-4-9-19)29(14-17-7-5-6-10-21(17)27)23(30)15-32-22-12-11-18(26)13-20(22)25/h5-7,10-13,16,19H,2-4,8-9,14-15H2,1H3,(H,28,31)/t16-/m0/s1. The Kier molecular flexibility index (Phi) is 8.93. The highest BCUT2D eigenvalue weighted by Gasteiger charge is 2.29. The van der Waals surface area contributed by atoms with E-state index in [0.29, 0.717) is 20.8 Å². The molecule has 2 amide bonds. The molecule has 0 spiro atoms. The zero-order chi connectivity index (χ0) is 23.1. The number of nitrogens with zero attached hydrogens (tertiary/aromatic N) is 1. The third-order valence-electron chi connectivity index (χ3n) is 5.66. The molecule has 1 atom stereocenters. The molecule has 5 nitrogen and oxygen atoms in total. The number of rotatable bonds is 8. The predicted octanol–water partition coefficient (Wildman–Crippen LogP) is 5.49. The normalized spacial score (nSPS) is 15.1. The van der Waals surface area contributed by atoms with E-state index in [4.69, 9.17) is 16.3 Å². The summed E-state index contributed by atoms with van der Waals surface area (Å²) in [4.78, 5) is 27.4. The van der Waals surface area contributed by atoms with Gasteiger partial charge in [-0.15, -0.1) is 0 Å². The molecule has 0 unspecified atom stereocenters. The van der Waals surface area contributed by atoms with Crippen molar-refractivity contribution in [1.82, 2.24) is 10.2 Å². The molecule has 0 aliphatic heterocycles. The van der Waals surface area contributed by atoms with Crippen LogP contribution in [-0.4, -0.2) is 35.4 Å². The topological polar surface area (TPSA) is 58.6 Å². The number of carbonyl (C=O) groups excluding carboxylic acids is 2. The first kappa shape index (κ1) is 24.5. The molecule has 172 valence electrons. The maximum absolute atomic E-state index is 14.3. The van der Waals surface area contributed by atoms with Gasteiger partial charge in [0.1, 0.15) is 17.6 Å². The van der Waals surface area contributed by atoms with E-state index in [-0.39, 0.29) is 25.1 Å². The van der Waals surface area contributed by atoms with Crippen LogP contribution in [-0.2, 0) is 16.1 Å². The van der Waals surface area contributed by atoms with Crippen LogP contribution in [0.15, 0.2) is 46.9 Å². The first-order chi connectivity index (χ1) is 15.3. The Balaban J connectivity index is 1.73. The third-order valence-corrected chi connectivity index (χ3v) is 6.52. The van der Waals surface area contributed by atoms with E-state index in [1.54, 1.807) is 43.3 Å². The van der Waals surface area contributed by atoms with Crippen LogP contribution in [0.2, 0.25) is 5.02 Å². The minimum Gasteiger partial charge on any atom is -0.483 e. The maximum Gasteiger partial charge on any atom is 0.261 e. The summed E-state index contributed by atoms with van der Waals surface area (Å²) in [6.45, 7) is 1.33. The first-order valence-electron chi connectivity index (χ1n) is 10.8. The molecule has 1 N–H and O–H groups in total. The minimum absolute atomic E-state index is 0.0318. The third kappa shape index (κ3) is 6.69. The molecule has 32 heavy (non-hydrogen) atoms. The van der Waals surface area contributed by atoms with Crippen molar-refractivity contribution >= 4 is 39.3 Å². The molecule has 1 aliphatic rings. The molecule has 0 radical (unpaired) electrons. The monoisotopic (exact) mass is 524 g/mol. The van der Waals surface area contributed by atoms with Gasteiger partial charge in [0.05, 0.1) is 4.47 Å². The molecule has 0 bridgehead atoms. The summed E-state index contributed by atoms with van der Waals surface area (Å²) in [6.07, 6.45) is 5.22. The number of amides is 2. The minimum atomic E-state index is -0.777. The molecule has 0 aromatic heterocycles. The van der Waals surface area contributed by atoms with Gasteiger partial charge in [-0.3, -0.25) is 9.59 Å². The van der Waals surface area contributed by atoms with Crippen molar-refractivity contribution in [2.24, 2.45) is 0 Å². The number of benzene rings is 2. The zero-order valence-electron chi connectivity index (χ0n) is 18.0. The van der Waals surface area contributed by atoms with Crippen molar-refractivity contribution in [1.29, 1.82) is 0 Å². The Morgan fingerprint density at radius 1 is 1.22 bits per heavy atom. The highest BCUT2D eigenvalue weighted by Crippen LogP contribution is 2.28. The van der Waals surface area contributed by atoms with Gasteiger partial charge in [0.25, 0.3) is 5.91 Å². The Labute approximate surface area is 201 Å². The van der Waals surface area contributed by atoms with Gasteiger partial charge in [0.2, 0.25) is 5.91 Å². The van der Waals surface area contributed by atoms with E-state index in [1.165, 1.54) is 17.4 Å². The van der Waals surface area contributed by atoms with Crippen LogP contribution in [0.4, 0.5) is 4.39 Å². The van der Waals surface area contributed by atoms with Crippen molar-refractivity contribution in [3.8, 4) is 5.75 Å². The Bertz CT molecular complexity index is 953. The van der Waals surface area contributed by atoms with Crippen LogP contribution in [0.1, 0.15) is 44.6 Å². The number of carbonyl (C=O) groups is 2. The van der Waals surface area contributed by atoms with Crippen LogP contribution >= 0.6 is 27.5 Å². The van der Waals surface area contributed by atoms with Gasteiger partial charge >= 0.3 is 0 Å². The van der Waals surface area contributed by atoms with Crippen LogP contribution in [0.25, 0.3) is 0 Å². The highest BCUT2D eigenvalue weighted by molar-refractivity contribution is 9.10. The number of halogens is 3. The van der Waals surface area contributed by atoms with Crippen LogP contribution in [0.5, 0.6) is 5.75 Å². The van der Waals surface area contributed by atoms with Gasteiger partial charge < -0.3 is 15.0 Å². The number of hydrogen-bond acceptors (Lipinski definition) is 3. The van der Waals surface area contributed by atoms with Crippen LogP contribution < -0.4 is 10.1 Å². The van der Waals surface area contributed by atoms with Gasteiger partial charge in [-0.2, -0.15) is 0 Å². The Morgan fingerprint density at radius 3 is 2.62 bits per heavy atom. The predicted molar refractivity (Wildman–Crippen MR) is 126 cm³/mol. The van der Waals surface area contributed by atoms with Crippen molar-refractivity contribution in [2.75, 3.05) is 6.61 Å². The van der Waals surface area contributed by atoms with Crippen LogP contribution in [0, 0.1) is 5.82 Å². The molecule has 3 rings (SSSR count). The maximum atomic E-state index is 14.3. The number of ether oxygens (including phenoxy) is 1. The van der Waals surface area contributed by atoms with Crippen molar-refractivity contribution < 1.29 is 18.7 Å². The SMILES string of the molecule is C[C@@H](C(=O)NC1CCCCC1)N(Cc1ccccc1F)C(=O)COc1ccc(Cl)cc1Br. The average molecular weight is 526 g/mol. The van der Waals surface area contributed by atoms with E-state index in [2.05, 4.69) is 21.2 Å². The molecule has 2 aromatic carbocycles. The second-order valence-electron chi connectivity index (χ2n) is 8.00. The largest absolute Gasteiger partial charge is 0.483 e. The smallest absolute Gasteiger partial charge is 0.261 e. The van der Waals surface area contributed by atoms with Gasteiger partial charge in [0.15, 0.2) is 6.61 Å². The Morgan fingerprint density at radius 2 is 1.94 bits per heavy atom. The van der Waals surface area contributed by atoms with E-state index < -0.39 is 17.8 Å². The van der Waals surface area contributed by atoms with E-state index in [1.807, 2.05) is 0 Å². The summed E-state index contributed by atoms with van der Waals surface area (Å²) < 4.78 is 20.6. The van der Waals surface area contributed by atoms with E-state index >= 15 is 0 Å².